The second kappa shape index (κ2) is 4.99. The highest BCUT2D eigenvalue weighted by atomic mass is 16.3. The molecule has 4 nitrogen and oxygen atoms in total. The van der Waals surface area contributed by atoms with Crippen molar-refractivity contribution in [2.75, 3.05) is 0 Å². The van der Waals surface area contributed by atoms with Crippen LogP contribution in [0.2, 0.25) is 0 Å². The quantitative estimate of drug-likeness (QED) is 0.627. The summed E-state index contributed by atoms with van der Waals surface area (Å²) < 4.78 is 1.77. The minimum atomic E-state index is -0.0164. The van der Waals surface area contributed by atoms with E-state index >= 15 is 0 Å². The summed E-state index contributed by atoms with van der Waals surface area (Å²) in [6.45, 7) is 2.85. The smallest absolute Gasteiger partial charge is 0.222 e. The van der Waals surface area contributed by atoms with Crippen LogP contribution in [0.3, 0.4) is 0 Å². The van der Waals surface area contributed by atoms with E-state index < -0.39 is 0 Å². The topological polar surface area (TPSA) is 54.6 Å². The molecule has 0 aliphatic carbocycles. The summed E-state index contributed by atoms with van der Waals surface area (Å²) in [6, 6.07) is 7.44. The average molecular weight is 232 g/mol. The van der Waals surface area contributed by atoms with Crippen LogP contribution in [0.5, 0.6) is 5.88 Å². The highest BCUT2D eigenvalue weighted by Gasteiger charge is 2.16. The number of para-hydroxylation sites is 1. The summed E-state index contributed by atoms with van der Waals surface area (Å²) in [5.41, 5.74) is 1.02. The summed E-state index contributed by atoms with van der Waals surface area (Å²) in [5, 5.41) is 13.6. The third-order valence-corrected chi connectivity index (χ3v) is 2.99. The molecule has 0 radical (unpaired) electrons. The van der Waals surface area contributed by atoms with Crippen molar-refractivity contribution >= 4 is 16.6 Å². The van der Waals surface area contributed by atoms with Crippen molar-refractivity contribution in [2.24, 2.45) is 5.18 Å². The van der Waals surface area contributed by atoms with Crippen LogP contribution in [0.4, 0.5) is 5.69 Å². The van der Waals surface area contributed by atoms with E-state index in [1.165, 1.54) is 0 Å². The summed E-state index contributed by atoms with van der Waals surface area (Å²) in [7, 11) is 0. The molecule has 0 spiro atoms. The lowest BCUT2D eigenvalue weighted by molar-refractivity contribution is 0.417. The van der Waals surface area contributed by atoms with Crippen LogP contribution in [0.15, 0.2) is 29.4 Å². The molecule has 1 aromatic carbocycles. The van der Waals surface area contributed by atoms with Gasteiger partial charge < -0.3 is 9.67 Å². The normalized spacial score (nSPS) is 10.9. The number of unbranched alkanes of at least 4 members (excludes halogenated alkanes) is 2. The van der Waals surface area contributed by atoms with Gasteiger partial charge in [0.15, 0.2) is 5.69 Å². The number of aryl methyl sites for hydroxylation is 1. The standard InChI is InChI=1S/C13H16N2O2/c1-2-3-6-9-15-11-8-5-4-7-10(11)12(14-17)13(15)16/h4-5,7-8,16H,2-3,6,9H2,1H3. The van der Waals surface area contributed by atoms with Gasteiger partial charge in [-0.15, -0.1) is 4.91 Å². The highest BCUT2D eigenvalue weighted by molar-refractivity contribution is 5.94. The first-order valence-electron chi connectivity index (χ1n) is 5.93. The SMILES string of the molecule is CCCCCn1c(O)c(N=O)c2ccccc21. The first-order valence-corrected chi connectivity index (χ1v) is 5.93. The summed E-state index contributed by atoms with van der Waals surface area (Å²) in [4.78, 5) is 10.8. The van der Waals surface area contributed by atoms with Gasteiger partial charge in [-0.05, 0) is 17.7 Å². The van der Waals surface area contributed by atoms with Crippen LogP contribution in [-0.4, -0.2) is 9.67 Å². The van der Waals surface area contributed by atoms with Crippen LogP contribution in [-0.2, 0) is 6.54 Å². The van der Waals surface area contributed by atoms with Crippen molar-refractivity contribution in [1.29, 1.82) is 0 Å². The van der Waals surface area contributed by atoms with E-state index in [0.717, 1.165) is 36.7 Å². The first kappa shape index (κ1) is 11.6. The van der Waals surface area contributed by atoms with E-state index in [1.807, 2.05) is 24.3 Å². The Morgan fingerprint density at radius 2 is 2.06 bits per heavy atom. The lowest BCUT2D eigenvalue weighted by atomic mass is 10.2. The zero-order valence-electron chi connectivity index (χ0n) is 9.89. The first-order chi connectivity index (χ1) is 8.29. The fourth-order valence-corrected chi connectivity index (χ4v) is 2.11. The predicted octanol–water partition coefficient (Wildman–Crippen LogP) is 3.94. The Morgan fingerprint density at radius 3 is 2.76 bits per heavy atom. The zero-order chi connectivity index (χ0) is 12.3. The Bertz CT molecular complexity index is 531. The molecule has 1 aromatic heterocycles. The summed E-state index contributed by atoms with van der Waals surface area (Å²) in [5.74, 6) is -0.0164. The Kier molecular flexibility index (Phi) is 3.42. The van der Waals surface area contributed by atoms with Gasteiger partial charge in [-0.3, -0.25) is 0 Å². The minimum absolute atomic E-state index is 0.0164. The number of nitroso groups, excluding NO2 is 1. The van der Waals surface area contributed by atoms with E-state index in [4.69, 9.17) is 0 Å². The number of hydrogen-bond acceptors (Lipinski definition) is 3. The van der Waals surface area contributed by atoms with Crippen molar-refractivity contribution in [2.45, 2.75) is 32.7 Å². The molecule has 17 heavy (non-hydrogen) atoms. The van der Waals surface area contributed by atoms with Gasteiger partial charge in [-0.2, -0.15) is 0 Å². The lowest BCUT2D eigenvalue weighted by Gasteiger charge is -2.05. The molecule has 0 aliphatic heterocycles. The molecule has 0 unspecified atom stereocenters. The minimum Gasteiger partial charge on any atom is -0.493 e. The largest absolute Gasteiger partial charge is 0.493 e. The van der Waals surface area contributed by atoms with Crippen LogP contribution < -0.4 is 0 Å². The molecule has 4 heteroatoms. The van der Waals surface area contributed by atoms with Crippen LogP contribution >= 0.6 is 0 Å². The van der Waals surface area contributed by atoms with E-state index in [1.54, 1.807) is 4.57 Å². The Balaban J connectivity index is 2.46. The molecule has 1 N–H and O–H groups in total. The third-order valence-electron chi connectivity index (χ3n) is 2.99. The molecule has 0 aliphatic rings. The predicted molar refractivity (Wildman–Crippen MR) is 68.6 cm³/mol. The van der Waals surface area contributed by atoms with Crippen LogP contribution in [0, 0.1) is 4.91 Å². The molecule has 2 rings (SSSR count). The second-order valence-electron chi connectivity index (χ2n) is 4.14. The van der Waals surface area contributed by atoms with E-state index in [2.05, 4.69) is 12.1 Å². The van der Waals surface area contributed by atoms with Crippen LogP contribution in [0.1, 0.15) is 26.2 Å². The number of fused-ring (bicyclic) bond motifs is 1. The Hall–Kier alpha value is -1.84. The highest BCUT2D eigenvalue weighted by Crippen LogP contribution is 2.38. The van der Waals surface area contributed by atoms with E-state index in [-0.39, 0.29) is 11.6 Å². The van der Waals surface area contributed by atoms with Gasteiger partial charge in [0.25, 0.3) is 0 Å². The molecule has 0 bridgehead atoms. The third kappa shape index (κ3) is 2.02. The molecule has 0 saturated carbocycles. The van der Waals surface area contributed by atoms with Crippen molar-refractivity contribution < 1.29 is 5.11 Å². The average Bonchev–Trinajstić information content (AvgIpc) is 2.62. The van der Waals surface area contributed by atoms with Gasteiger partial charge >= 0.3 is 0 Å². The number of hydrogen-bond donors (Lipinski definition) is 1. The van der Waals surface area contributed by atoms with Gasteiger partial charge in [0, 0.05) is 11.9 Å². The van der Waals surface area contributed by atoms with Crippen molar-refractivity contribution in [1.82, 2.24) is 4.57 Å². The monoisotopic (exact) mass is 232 g/mol. The van der Waals surface area contributed by atoms with E-state index in [0.29, 0.717) is 0 Å². The summed E-state index contributed by atoms with van der Waals surface area (Å²) >= 11 is 0. The van der Waals surface area contributed by atoms with Gasteiger partial charge in [0.1, 0.15) is 0 Å². The van der Waals surface area contributed by atoms with Gasteiger partial charge in [0.05, 0.1) is 5.52 Å². The maximum absolute atomic E-state index is 10.8. The van der Waals surface area contributed by atoms with Gasteiger partial charge in [-0.1, -0.05) is 38.0 Å². The van der Waals surface area contributed by atoms with Crippen molar-refractivity contribution in [3.63, 3.8) is 0 Å². The maximum Gasteiger partial charge on any atom is 0.222 e. The van der Waals surface area contributed by atoms with Crippen molar-refractivity contribution in [3.8, 4) is 5.88 Å². The number of aromatic hydroxyl groups is 1. The van der Waals surface area contributed by atoms with Crippen LogP contribution in [0.25, 0.3) is 10.9 Å². The fraction of sp³-hybridized carbons (Fsp3) is 0.385. The molecule has 0 atom stereocenters. The second-order valence-corrected chi connectivity index (χ2v) is 4.14. The Morgan fingerprint density at radius 1 is 1.29 bits per heavy atom. The van der Waals surface area contributed by atoms with Crippen molar-refractivity contribution in [3.05, 3.63) is 29.2 Å². The molecule has 1 heterocycles. The number of benzene rings is 1. The summed E-state index contributed by atoms with van der Waals surface area (Å²) in [6.07, 6.45) is 3.22. The fourth-order valence-electron chi connectivity index (χ4n) is 2.11. The molecule has 0 saturated heterocycles. The zero-order valence-corrected chi connectivity index (χ0v) is 9.89. The molecule has 90 valence electrons. The van der Waals surface area contributed by atoms with E-state index in [9.17, 15) is 10.0 Å². The maximum atomic E-state index is 10.8. The number of aromatic nitrogens is 1. The molecule has 2 aromatic rings. The number of rotatable bonds is 5. The lowest BCUT2D eigenvalue weighted by Crippen LogP contribution is -1.96. The van der Waals surface area contributed by atoms with Gasteiger partial charge in [-0.25, -0.2) is 0 Å². The number of nitrogens with zero attached hydrogens (tertiary/aromatic N) is 2. The molecular weight excluding hydrogens is 216 g/mol. The molecule has 0 fully saturated rings. The molecular formula is C13H16N2O2. The molecule has 0 amide bonds. The Labute approximate surface area is 99.8 Å². The van der Waals surface area contributed by atoms with Gasteiger partial charge in [0.2, 0.25) is 5.88 Å².